The second-order valence-electron chi connectivity index (χ2n) is 6.77. The number of amides is 1. The van der Waals surface area contributed by atoms with Gasteiger partial charge in [0, 0.05) is 32.5 Å². The Hall–Kier alpha value is -1.79. The molecule has 7 heteroatoms. The highest BCUT2D eigenvalue weighted by Crippen LogP contribution is 2.14. The van der Waals surface area contributed by atoms with Crippen molar-refractivity contribution >= 4 is 24.3 Å². The molecule has 1 N–H and O–H groups in total. The van der Waals surface area contributed by atoms with E-state index in [1.165, 1.54) is 0 Å². The molecule has 0 atom stereocenters. The molecule has 6 nitrogen and oxygen atoms in total. The minimum atomic E-state index is -0.727. The van der Waals surface area contributed by atoms with Crippen molar-refractivity contribution in [3.8, 4) is 5.75 Å². The van der Waals surface area contributed by atoms with E-state index in [0.717, 1.165) is 69.7 Å². The molecule has 0 radical (unpaired) electrons. The lowest BCUT2D eigenvalue weighted by Gasteiger charge is -2.22. The lowest BCUT2D eigenvalue weighted by Crippen LogP contribution is -2.35. The fourth-order valence-corrected chi connectivity index (χ4v) is 3.26. The van der Waals surface area contributed by atoms with E-state index in [-0.39, 0.29) is 24.7 Å². The first-order valence-electron chi connectivity index (χ1n) is 9.43. The third-order valence-electron chi connectivity index (χ3n) is 4.84. The van der Waals surface area contributed by atoms with Crippen molar-refractivity contribution in [2.24, 2.45) is 0 Å². The van der Waals surface area contributed by atoms with Gasteiger partial charge in [0.2, 0.25) is 5.91 Å². The van der Waals surface area contributed by atoms with Gasteiger partial charge in [0.15, 0.2) is 0 Å². The number of carbonyl (C=O) groups is 2. The maximum absolute atomic E-state index is 12.5. The average molecular weight is 399 g/mol. The van der Waals surface area contributed by atoms with Gasteiger partial charge in [-0.25, -0.2) is 0 Å². The lowest BCUT2D eigenvalue weighted by molar-refractivity contribution is -0.137. The van der Waals surface area contributed by atoms with E-state index in [1.807, 2.05) is 29.2 Å². The molecule has 1 fully saturated rings. The van der Waals surface area contributed by atoms with Crippen LogP contribution < -0.4 is 4.74 Å². The summed E-state index contributed by atoms with van der Waals surface area (Å²) in [6.45, 7) is 4.35. The molecule has 0 aromatic heterocycles. The van der Waals surface area contributed by atoms with E-state index in [4.69, 9.17) is 9.84 Å². The number of carboxylic acids is 1. The minimum absolute atomic E-state index is 0. The second kappa shape index (κ2) is 12.6. The van der Waals surface area contributed by atoms with Crippen LogP contribution in [0.5, 0.6) is 5.75 Å². The molecule has 1 aromatic carbocycles. The molecule has 2 rings (SSSR count). The number of aliphatic carboxylic acids is 1. The highest BCUT2D eigenvalue weighted by atomic mass is 35.5. The van der Waals surface area contributed by atoms with E-state index in [9.17, 15) is 9.59 Å². The van der Waals surface area contributed by atoms with Crippen LogP contribution in [0.25, 0.3) is 0 Å². The predicted octanol–water partition coefficient (Wildman–Crippen LogP) is 2.84. The first kappa shape index (κ1) is 23.2. The Bertz CT molecular complexity index is 580. The molecular formula is C20H31ClN2O4. The Balaban J connectivity index is 0.00000364. The summed E-state index contributed by atoms with van der Waals surface area (Å²) in [7, 11) is 1.65. The van der Waals surface area contributed by atoms with Gasteiger partial charge in [0.25, 0.3) is 0 Å². The summed E-state index contributed by atoms with van der Waals surface area (Å²) < 4.78 is 5.15. The molecule has 0 aliphatic carbocycles. The first-order valence-corrected chi connectivity index (χ1v) is 9.43. The Labute approximate surface area is 167 Å². The molecule has 27 heavy (non-hydrogen) atoms. The number of unbranched alkanes of at least 4 members (excludes halogenated alkanes) is 1. The molecule has 0 saturated carbocycles. The molecule has 1 saturated heterocycles. The smallest absolute Gasteiger partial charge is 0.303 e. The maximum atomic E-state index is 12.5. The van der Waals surface area contributed by atoms with E-state index >= 15 is 0 Å². The first-order chi connectivity index (χ1) is 12.6. The van der Waals surface area contributed by atoms with Crippen molar-refractivity contribution in [1.29, 1.82) is 0 Å². The van der Waals surface area contributed by atoms with Crippen LogP contribution in [0.15, 0.2) is 24.3 Å². The summed E-state index contributed by atoms with van der Waals surface area (Å²) in [6.07, 6.45) is 4.12. The van der Waals surface area contributed by atoms with Crippen molar-refractivity contribution < 1.29 is 19.4 Å². The van der Waals surface area contributed by atoms with Gasteiger partial charge in [0.1, 0.15) is 5.75 Å². The third-order valence-corrected chi connectivity index (χ3v) is 4.84. The number of halogens is 1. The van der Waals surface area contributed by atoms with Crippen LogP contribution in [-0.2, 0) is 16.0 Å². The van der Waals surface area contributed by atoms with Gasteiger partial charge >= 0.3 is 5.97 Å². The summed E-state index contributed by atoms with van der Waals surface area (Å²) in [6, 6.07) is 7.86. The molecule has 152 valence electrons. The minimum Gasteiger partial charge on any atom is -0.497 e. The number of methoxy groups -OCH3 is 1. The van der Waals surface area contributed by atoms with Gasteiger partial charge in [0.05, 0.1) is 7.11 Å². The summed E-state index contributed by atoms with van der Waals surface area (Å²) >= 11 is 0. The van der Waals surface area contributed by atoms with E-state index < -0.39 is 5.97 Å². The summed E-state index contributed by atoms with van der Waals surface area (Å²) in [5.74, 6) is 0.319. The normalized spacial score (nSPS) is 14.9. The number of carboxylic acid groups (broad SMARTS) is 1. The standard InChI is InChI=1S/C20H30N2O4.ClH/c1-26-18-9-6-17(7-10-18)8-11-19(23)22-14-4-13-21(15-16-22)12-3-2-5-20(24)25;/h6-7,9-10H,2-5,8,11-16H2,1H3,(H,24,25);1H. The summed E-state index contributed by atoms with van der Waals surface area (Å²) in [5.41, 5.74) is 1.15. The predicted molar refractivity (Wildman–Crippen MR) is 108 cm³/mol. The number of ether oxygens (including phenoxy) is 1. The number of nitrogens with zero attached hydrogens (tertiary/aromatic N) is 2. The molecule has 0 unspecified atom stereocenters. The van der Waals surface area contributed by atoms with Crippen molar-refractivity contribution in [3.63, 3.8) is 0 Å². The summed E-state index contributed by atoms with van der Waals surface area (Å²) in [4.78, 5) is 27.4. The highest BCUT2D eigenvalue weighted by Gasteiger charge is 2.18. The molecule has 1 heterocycles. The van der Waals surface area contributed by atoms with E-state index in [0.29, 0.717) is 6.42 Å². The van der Waals surface area contributed by atoms with Gasteiger partial charge < -0.3 is 19.6 Å². The Morgan fingerprint density at radius 2 is 1.78 bits per heavy atom. The molecule has 1 aliphatic rings. The van der Waals surface area contributed by atoms with Crippen LogP contribution in [0.3, 0.4) is 0 Å². The fraction of sp³-hybridized carbons (Fsp3) is 0.600. The van der Waals surface area contributed by atoms with Gasteiger partial charge in [-0.2, -0.15) is 0 Å². The number of rotatable bonds is 9. The van der Waals surface area contributed by atoms with Crippen LogP contribution in [0.1, 0.15) is 37.7 Å². The molecule has 1 aromatic rings. The number of hydrogen-bond donors (Lipinski definition) is 1. The lowest BCUT2D eigenvalue weighted by atomic mass is 10.1. The monoisotopic (exact) mass is 398 g/mol. The molecular weight excluding hydrogens is 368 g/mol. The van der Waals surface area contributed by atoms with Crippen LogP contribution in [0.4, 0.5) is 0 Å². The zero-order chi connectivity index (χ0) is 18.8. The van der Waals surface area contributed by atoms with Crippen LogP contribution in [0.2, 0.25) is 0 Å². The van der Waals surface area contributed by atoms with Crippen molar-refractivity contribution in [2.75, 3.05) is 39.8 Å². The van der Waals surface area contributed by atoms with E-state index in [2.05, 4.69) is 4.90 Å². The van der Waals surface area contributed by atoms with E-state index in [1.54, 1.807) is 7.11 Å². The number of benzene rings is 1. The summed E-state index contributed by atoms with van der Waals surface area (Å²) in [5, 5.41) is 8.69. The number of aryl methyl sites for hydroxylation is 1. The largest absolute Gasteiger partial charge is 0.497 e. The van der Waals surface area contributed by atoms with Gasteiger partial charge in [-0.1, -0.05) is 12.1 Å². The fourth-order valence-electron chi connectivity index (χ4n) is 3.26. The second-order valence-corrected chi connectivity index (χ2v) is 6.77. The van der Waals surface area contributed by atoms with Crippen molar-refractivity contribution in [3.05, 3.63) is 29.8 Å². The topological polar surface area (TPSA) is 70.1 Å². The highest BCUT2D eigenvalue weighted by molar-refractivity contribution is 5.85. The number of hydrogen-bond acceptors (Lipinski definition) is 4. The molecule has 0 spiro atoms. The van der Waals surface area contributed by atoms with Crippen LogP contribution >= 0.6 is 12.4 Å². The average Bonchev–Trinajstić information content (AvgIpc) is 2.89. The number of carbonyl (C=O) groups excluding carboxylic acids is 1. The Kier molecular flexibility index (Phi) is 10.8. The third kappa shape index (κ3) is 8.63. The Morgan fingerprint density at radius 1 is 1.04 bits per heavy atom. The zero-order valence-electron chi connectivity index (χ0n) is 16.1. The van der Waals surface area contributed by atoms with Gasteiger partial charge in [-0.15, -0.1) is 12.4 Å². The zero-order valence-corrected chi connectivity index (χ0v) is 16.9. The molecule has 0 bridgehead atoms. The van der Waals surface area contributed by atoms with Gasteiger partial charge in [-0.3, -0.25) is 9.59 Å². The molecule has 1 amide bonds. The quantitative estimate of drug-likeness (QED) is 0.648. The SMILES string of the molecule is COc1ccc(CCC(=O)N2CCCN(CCCCC(=O)O)CC2)cc1.Cl. The van der Waals surface area contributed by atoms with Crippen LogP contribution in [0, 0.1) is 0 Å². The van der Waals surface area contributed by atoms with Crippen molar-refractivity contribution in [1.82, 2.24) is 9.80 Å². The van der Waals surface area contributed by atoms with Crippen molar-refractivity contribution in [2.45, 2.75) is 38.5 Å². The maximum Gasteiger partial charge on any atom is 0.303 e. The van der Waals surface area contributed by atoms with Gasteiger partial charge in [-0.05, 0) is 56.5 Å². The Morgan fingerprint density at radius 3 is 2.44 bits per heavy atom. The molecule has 1 aliphatic heterocycles. The van der Waals surface area contributed by atoms with Crippen LogP contribution in [-0.4, -0.2) is 66.6 Å².